The molecule has 0 aliphatic heterocycles. The molecule has 172 valence electrons. The van der Waals surface area contributed by atoms with E-state index in [2.05, 4.69) is 87.0 Å². The maximum absolute atomic E-state index is 4.12. The van der Waals surface area contributed by atoms with Gasteiger partial charge in [-0.3, -0.25) is 0 Å². The molecular formula is C32H40Si. The van der Waals surface area contributed by atoms with Crippen molar-refractivity contribution in [1.82, 2.24) is 0 Å². The molecule has 0 amide bonds. The van der Waals surface area contributed by atoms with Gasteiger partial charge in [-0.05, 0) is 59.7 Å². The largest absolute Gasteiger partial charge is 0.124 e. The van der Waals surface area contributed by atoms with Crippen molar-refractivity contribution in [1.29, 1.82) is 0 Å². The highest BCUT2D eigenvalue weighted by atomic mass is 28.3. The minimum absolute atomic E-state index is 0.690. The van der Waals surface area contributed by atoms with E-state index < -0.39 is 8.07 Å². The van der Waals surface area contributed by atoms with Gasteiger partial charge < -0.3 is 0 Å². The average Bonchev–Trinajstić information content (AvgIpc) is 2.90. The van der Waals surface area contributed by atoms with Crippen LogP contribution >= 0.6 is 0 Å². The van der Waals surface area contributed by atoms with Gasteiger partial charge >= 0.3 is 0 Å². The number of allylic oxidation sites excluding steroid dienone is 2. The first-order valence-electron chi connectivity index (χ1n) is 12.9. The van der Waals surface area contributed by atoms with Gasteiger partial charge in [0.05, 0.1) is 0 Å². The lowest BCUT2D eigenvalue weighted by atomic mass is 9.88. The second-order valence-corrected chi connectivity index (χ2v) is 14.7. The summed E-state index contributed by atoms with van der Waals surface area (Å²) in [6.45, 7) is 16.2. The van der Waals surface area contributed by atoms with Gasteiger partial charge in [0.2, 0.25) is 0 Å². The molecule has 0 unspecified atom stereocenters. The Kier molecular flexibility index (Phi) is 7.70. The van der Waals surface area contributed by atoms with E-state index in [1.165, 1.54) is 62.5 Å². The maximum Gasteiger partial charge on any atom is 0.124 e. The fraction of sp³-hybridized carbons (Fsp3) is 0.375. The van der Waals surface area contributed by atoms with Gasteiger partial charge in [0.25, 0.3) is 0 Å². The molecule has 0 heterocycles. The summed E-state index contributed by atoms with van der Waals surface area (Å²) >= 11 is 0. The predicted octanol–water partition coefficient (Wildman–Crippen LogP) is 8.03. The van der Waals surface area contributed by atoms with Crippen LogP contribution in [0.2, 0.25) is 11.1 Å². The normalized spacial score (nSPS) is 25.7. The predicted molar refractivity (Wildman–Crippen MR) is 150 cm³/mol. The minimum Gasteiger partial charge on any atom is -0.103 e. The van der Waals surface area contributed by atoms with Crippen LogP contribution < -0.4 is 10.4 Å². The van der Waals surface area contributed by atoms with E-state index in [0.29, 0.717) is 11.8 Å². The Morgan fingerprint density at radius 3 is 1.12 bits per heavy atom. The van der Waals surface area contributed by atoms with Gasteiger partial charge in [0, 0.05) is 0 Å². The van der Waals surface area contributed by atoms with Gasteiger partial charge in [0.15, 0.2) is 0 Å². The van der Waals surface area contributed by atoms with Gasteiger partial charge in [-0.2, -0.15) is 0 Å². The van der Waals surface area contributed by atoms with Crippen LogP contribution in [-0.4, -0.2) is 8.07 Å². The Hall–Kier alpha value is -2.38. The van der Waals surface area contributed by atoms with Crippen molar-refractivity contribution in [3.8, 4) is 0 Å². The second-order valence-electron chi connectivity index (χ2n) is 10.2. The summed E-state index contributed by atoms with van der Waals surface area (Å²) in [7, 11) is -2.04. The molecule has 4 rings (SSSR count). The van der Waals surface area contributed by atoms with E-state index in [4.69, 9.17) is 0 Å². The summed E-state index contributed by atoms with van der Waals surface area (Å²) in [6, 6.07) is 19.0. The Bertz CT molecular complexity index is 867. The SMILES string of the molecule is C=Cc1ccc([Si](c2ccc(C=C)cc2)(C2CCC(C=C)CC2)C2CCC(C=C)CC2)cc1. The van der Waals surface area contributed by atoms with Crippen molar-refractivity contribution >= 4 is 30.6 Å². The third-order valence-electron chi connectivity index (χ3n) is 8.75. The highest BCUT2D eigenvalue weighted by Gasteiger charge is 2.51. The molecule has 0 N–H and O–H groups in total. The van der Waals surface area contributed by atoms with E-state index in [-0.39, 0.29) is 0 Å². The zero-order valence-corrected chi connectivity index (χ0v) is 21.2. The summed E-state index contributed by atoms with van der Waals surface area (Å²) in [5.41, 5.74) is 4.00. The zero-order chi connectivity index (χ0) is 23.3. The number of hydrogen-bond acceptors (Lipinski definition) is 0. The van der Waals surface area contributed by atoms with Crippen LogP contribution in [-0.2, 0) is 0 Å². The molecule has 0 bridgehead atoms. The van der Waals surface area contributed by atoms with Crippen LogP contribution in [0.3, 0.4) is 0 Å². The van der Waals surface area contributed by atoms with Crippen LogP contribution in [0, 0.1) is 11.8 Å². The minimum atomic E-state index is -2.04. The molecule has 1 heteroatoms. The third-order valence-corrected chi connectivity index (χ3v) is 15.1. The first-order valence-corrected chi connectivity index (χ1v) is 15.0. The van der Waals surface area contributed by atoms with Gasteiger partial charge in [-0.15, -0.1) is 13.2 Å². The maximum atomic E-state index is 4.12. The van der Waals surface area contributed by atoms with E-state index in [9.17, 15) is 0 Å². The molecule has 0 spiro atoms. The molecular weight excluding hydrogens is 412 g/mol. The Morgan fingerprint density at radius 1 is 0.515 bits per heavy atom. The van der Waals surface area contributed by atoms with Crippen molar-refractivity contribution in [3.63, 3.8) is 0 Å². The Morgan fingerprint density at radius 2 is 0.848 bits per heavy atom. The van der Waals surface area contributed by atoms with Crippen LogP contribution in [0.15, 0.2) is 87.0 Å². The van der Waals surface area contributed by atoms with Gasteiger partial charge in [-0.1, -0.05) is 122 Å². The fourth-order valence-electron chi connectivity index (χ4n) is 6.85. The molecule has 0 aromatic heterocycles. The molecule has 2 aliphatic rings. The lowest BCUT2D eigenvalue weighted by molar-refractivity contribution is 0.387. The highest BCUT2D eigenvalue weighted by Crippen LogP contribution is 2.49. The van der Waals surface area contributed by atoms with Crippen molar-refractivity contribution in [2.75, 3.05) is 0 Å². The smallest absolute Gasteiger partial charge is 0.103 e. The highest BCUT2D eigenvalue weighted by molar-refractivity contribution is 7.04. The molecule has 2 fully saturated rings. The van der Waals surface area contributed by atoms with Crippen molar-refractivity contribution in [2.45, 2.75) is 62.4 Å². The number of rotatable bonds is 8. The molecule has 33 heavy (non-hydrogen) atoms. The molecule has 0 atom stereocenters. The molecule has 0 saturated heterocycles. The first-order chi connectivity index (χ1) is 16.1. The Balaban J connectivity index is 1.87. The fourth-order valence-corrected chi connectivity index (χ4v) is 13.7. The van der Waals surface area contributed by atoms with E-state index in [0.717, 1.165) is 11.1 Å². The van der Waals surface area contributed by atoms with Crippen LogP contribution in [0.4, 0.5) is 0 Å². The lowest BCUT2D eigenvalue weighted by Gasteiger charge is -2.50. The van der Waals surface area contributed by atoms with Crippen molar-refractivity contribution < 1.29 is 0 Å². The number of benzene rings is 2. The van der Waals surface area contributed by atoms with Gasteiger partial charge in [0.1, 0.15) is 8.07 Å². The summed E-state index contributed by atoms with van der Waals surface area (Å²) in [4.78, 5) is 0. The average molecular weight is 453 g/mol. The van der Waals surface area contributed by atoms with Crippen molar-refractivity contribution in [3.05, 3.63) is 98.1 Å². The van der Waals surface area contributed by atoms with Crippen molar-refractivity contribution in [2.24, 2.45) is 11.8 Å². The second kappa shape index (κ2) is 10.7. The van der Waals surface area contributed by atoms with E-state index >= 15 is 0 Å². The topological polar surface area (TPSA) is 0 Å². The molecule has 2 saturated carbocycles. The molecule has 0 radical (unpaired) electrons. The summed E-state index contributed by atoms with van der Waals surface area (Å²) in [6.07, 6.45) is 18.8. The molecule has 2 aromatic rings. The third kappa shape index (κ3) is 4.66. The molecule has 0 nitrogen and oxygen atoms in total. The number of hydrogen-bond donors (Lipinski definition) is 0. The summed E-state index contributed by atoms with van der Waals surface area (Å²) < 4.78 is 0. The van der Waals surface area contributed by atoms with Crippen LogP contribution in [0.25, 0.3) is 12.2 Å². The van der Waals surface area contributed by atoms with E-state index in [1.54, 1.807) is 10.4 Å². The monoisotopic (exact) mass is 452 g/mol. The Labute approximate surface area is 202 Å². The van der Waals surface area contributed by atoms with Crippen LogP contribution in [0.1, 0.15) is 62.5 Å². The summed E-state index contributed by atoms with van der Waals surface area (Å²) in [5, 5.41) is 3.26. The first kappa shape index (κ1) is 23.8. The van der Waals surface area contributed by atoms with Gasteiger partial charge in [-0.25, -0.2) is 0 Å². The van der Waals surface area contributed by atoms with E-state index in [1.807, 2.05) is 12.2 Å². The quantitative estimate of drug-likeness (QED) is 0.281. The summed E-state index contributed by atoms with van der Waals surface area (Å²) in [5.74, 6) is 1.38. The molecule has 2 aromatic carbocycles. The standard InChI is InChI=1S/C32H40Si/c1-5-25-9-17-29(18-10-25)33(30-19-11-26(6-2)12-20-30,31-21-13-27(7-3)14-22-31)32-23-15-28(8-4)16-24-32/h5-12,17-20,27-28,31-32H,1-4,13-16,21-24H2. The molecule has 2 aliphatic carbocycles. The van der Waals surface area contributed by atoms with Crippen LogP contribution in [0.5, 0.6) is 0 Å². The lowest BCUT2D eigenvalue weighted by Crippen LogP contribution is -2.65. The zero-order valence-electron chi connectivity index (χ0n) is 20.2.